The van der Waals surface area contributed by atoms with Crippen LogP contribution >= 0.6 is 0 Å². The first kappa shape index (κ1) is 21.0. The van der Waals surface area contributed by atoms with Crippen LogP contribution in [0.4, 0.5) is 4.79 Å². The molecular weight excluding hydrogens is 370 g/mol. The molecule has 1 aliphatic carbocycles. The third-order valence-corrected chi connectivity index (χ3v) is 5.58. The van der Waals surface area contributed by atoms with Gasteiger partial charge in [-0.05, 0) is 43.2 Å². The van der Waals surface area contributed by atoms with Crippen LogP contribution in [0.2, 0.25) is 0 Å². The summed E-state index contributed by atoms with van der Waals surface area (Å²) in [4.78, 5) is 51.3. The predicted molar refractivity (Wildman–Crippen MR) is 108 cm³/mol. The van der Waals surface area contributed by atoms with Gasteiger partial charge in [0.1, 0.15) is 6.54 Å². The molecule has 1 aliphatic heterocycles. The topological polar surface area (TPSA) is 86.8 Å². The average Bonchev–Trinajstić information content (AvgIpc) is 3.25. The van der Waals surface area contributed by atoms with Crippen molar-refractivity contribution in [3.8, 4) is 0 Å². The van der Waals surface area contributed by atoms with E-state index in [0.717, 1.165) is 34.6 Å². The molecule has 7 heteroatoms. The monoisotopic (exact) mass is 399 g/mol. The van der Waals surface area contributed by atoms with E-state index in [-0.39, 0.29) is 12.1 Å². The summed E-state index contributed by atoms with van der Waals surface area (Å²) in [6.07, 6.45) is 4.29. The Morgan fingerprint density at radius 3 is 2.24 bits per heavy atom. The molecule has 1 saturated heterocycles. The van der Waals surface area contributed by atoms with Gasteiger partial charge in [0.25, 0.3) is 0 Å². The van der Waals surface area contributed by atoms with Crippen LogP contribution in [-0.2, 0) is 20.8 Å². The summed E-state index contributed by atoms with van der Waals surface area (Å²) < 4.78 is 0. The summed E-state index contributed by atoms with van der Waals surface area (Å²) in [5.41, 5.74) is 2.18. The third kappa shape index (κ3) is 4.66. The van der Waals surface area contributed by atoms with E-state index in [4.69, 9.17) is 0 Å². The highest BCUT2D eigenvalue weighted by Gasteiger charge is 2.48. The molecule has 5 amide bonds. The number of rotatable bonds is 7. The van der Waals surface area contributed by atoms with Gasteiger partial charge >= 0.3 is 17.8 Å². The van der Waals surface area contributed by atoms with E-state index in [0.29, 0.717) is 18.8 Å². The van der Waals surface area contributed by atoms with Crippen LogP contribution < -0.4 is 5.32 Å². The molecule has 29 heavy (non-hydrogen) atoms. The maximum atomic E-state index is 12.6. The lowest BCUT2D eigenvalue weighted by Gasteiger charge is -2.21. The van der Waals surface area contributed by atoms with E-state index in [1.807, 2.05) is 31.2 Å². The van der Waals surface area contributed by atoms with Crippen LogP contribution in [0.1, 0.15) is 63.6 Å². The molecule has 1 aromatic carbocycles. The molecule has 7 nitrogen and oxygen atoms in total. The van der Waals surface area contributed by atoms with Gasteiger partial charge in [0.05, 0.1) is 6.04 Å². The van der Waals surface area contributed by atoms with E-state index in [1.54, 1.807) is 0 Å². The van der Waals surface area contributed by atoms with Gasteiger partial charge in [-0.2, -0.15) is 0 Å². The normalized spacial score (nSPS) is 18.8. The highest BCUT2D eigenvalue weighted by Crippen LogP contribution is 2.27. The maximum Gasteiger partial charge on any atom is 0.334 e. The van der Waals surface area contributed by atoms with Crippen molar-refractivity contribution in [1.82, 2.24) is 15.1 Å². The number of hydrogen-bond donors (Lipinski definition) is 1. The second-order valence-corrected chi connectivity index (χ2v) is 8.42. The number of carbonyl (C=O) groups is 4. The van der Waals surface area contributed by atoms with Crippen molar-refractivity contribution in [3.63, 3.8) is 0 Å². The van der Waals surface area contributed by atoms with Crippen LogP contribution in [0.25, 0.3) is 0 Å². The van der Waals surface area contributed by atoms with Gasteiger partial charge in [-0.1, -0.05) is 51.0 Å². The summed E-state index contributed by atoms with van der Waals surface area (Å²) in [5.74, 6) is -1.63. The van der Waals surface area contributed by atoms with Crippen LogP contribution in [-0.4, -0.2) is 46.1 Å². The van der Waals surface area contributed by atoms with Crippen LogP contribution in [0, 0.1) is 5.92 Å². The summed E-state index contributed by atoms with van der Waals surface area (Å²) in [6, 6.07) is 6.86. The van der Waals surface area contributed by atoms with Crippen LogP contribution in [0.15, 0.2) is 24.3 Å². The Morgan fingerprint density at radius 1 is 1.03 bits per heavy atom. The van der Waals surface area contributed by atoms with Crippen molar-refractivity contribution in [3.05, 3.63) is 35.4 Å². The molecule has 1 N–H and O–H groups in total. The van der Waals surface area contributed by atoms with Crippen molar-refractivity contribution < 1.29 is 19.2 Å². The molecule has 0 spiro atoms. The highest BCUT2D eigenvalue weighted by molar-refractivity contribution is 6.45. The first-order valence-electron chi connectivity index (χ1n) is 10.3. The second-order valence-electron chi connectivity index (χ2n) is 8.42. The van der Waals surface area contributed by atoms with E-state index in [1.165, 1.54) is 5.56 Å². The quantitative estimate of drug-likeness (QED) is 0.564. The molecule has 0 bridgehead atoms. The van der Waals surface area contributed by atoms with Crippen LogP contribution in [0.3, 0.4) is 0 Å². The number of amides is 5. The Labute approximate surface area is 171 Å². The van der Waals surface area contributed by atoms with Crippen molar-refractivity contribution in [2.24, 2.45) is 5.92 Å². The molecule has 3 rings (SSSR count). The molecule has 0 unspecified atom stereocenters. The minimum absolute atomic E-state index is 0.227. The van der Waals surface area contributed by atoms with E-state index < -0.39 is 30.3 Å². The molecular formula is C22H29N3O4. The van der Waals surface area contributed by atoms with Crippen LogP contribution in [0.5, 0.6) is 0 Å². The smallest absolute Gasteiger partial charge is 0.334 e. The lowest BCUT2D eigenvalue weighted by Crippen LogP contribution is -2.43. The van der Waals surface area contributed by atoms with Gasteiger partial charge in [-0.3, -0.25) is 19.3 Å². The Morgan fingerprint density at radius 2 is 1.66 bits per heavy atom. The Kier molecular flexibility index (Phi) is 6.35. The maximum absolute atomic E-state index is 12.6. The number of benzene rings is 1. The van der Waals surface area contributed by atoms with Gasteiger partial charge in [-0.25, -0.2) is 9.69 Å². The summed E-state index contributed by atoms with van der Waals surface area (Å²) in [6.45, 7) is 5.73. The molecule has 1 saturated carbocycles. The lowest BCUT2D eigenvalue weighted by molar-refractivity contribution is -0.144. The number of urea groups is 1. The molecule has 156 valence electrons. The van der Waals surface area contributed by atoms with E-state index in [9.17, 15) is 19.2 Å². The molecule has 1 aromatic rings. The highest BCUT2D eigenvalue weighted by atomic mass is 16.2. The van der Waals surface area contributed by atoms with Gasteiger partial charge in [0, 0.05) is 6.04 Å². The van der Waals surface area contributed by atoms with Crippen molar-refractivity contribution in [1.29, 1.82) is 0 Å². The minimum Gasteiger partial charge on any atom is -0.348 e. The second kappa shape index (κ2) is 8.76. The van der Waals surface area contributed by atoms with Crippen molar-refractivity contribution >= 4 is 23.8 Å². The molecule has 0 radical (unpaired) electrons. The standard InChI is InChI=1S/C22H29N3O4/c1-14(2)12-16-8-10-17(11-9-16)15(3)23-19(26)13-24-20(27)21(28)25(22(24)29)18-6-4-5-7-18/h8-11,14-15,18H,4-7,12-13H2,1-3H3,(H,23,26)/t15-/m0/s1. The lowest BCUT2D eigenvalue weighted by atomic mass is 10.00. The number of hydrogen-bond acceptors (Lipinski definition) is 4. The zero-order valence-electron chi connectivity index (χ0n) is 17.3. The first-order valence-corrected chi connectivity index (χ1v) is 10.3. The molecule has 2 aliphatic rings. The summed E-state index contributed by atoms with van der Waals surface area (Å²) >= 11 is 0. The fourth-order valence-electron chi connectivity index (χ4n) is 4.07. The van der Waals surface area contributed by atoms with Crippen molar-refractivity contribution in [2.75, 3.05) is 6.54 Å². The largest absolute Gasteiger partial charge is 0.348 e. The first-order chi connectivity index (χ1) is 13.8. The summed E-state index contributed by atoms with van der Waals surface area (Å²) in [5, 5.41) is 2.81. The Hall–Kier alpha value is -2.70. The SMILES string of the molecule is CC(C)Cc1ccc([C@H](C)NC(=O)CN2C(=O)C(=O)N(C3CCCC3)C2=O)cc1. The zero-order chi connectivity index (χ0) is 21.1. The third-order valence-electron chi connectivity index (χ3n) is 5.58. The van der Waals surface area contributed by atoms with E-state index in [2.05, 4.69) is 19.2 Å². The minimum atomic E-state index is -0.914. The number of imide groups is 2. The predicted octanol–water partition coefficient (Wildman–Crippen LogP) is 2.80. The Balaban J connectivity index is 1.59. The fraction of sp³-hybridized carbons (Fsp3) is 0.545. The molecule has 2 fully saturated rings. The molecule has 1 heterocycles. The van der Waals surface area contributed by atoms with Crippen molar-refractivity contribution in [2.45, 2.75) is 65.0 Å². The number of carbonyl (C=O) groups excluding carboxylic acids is 4. The average molecular weight is 399 g/mol. The molecule has 1 atom stereocenters. The Bertz CT molecular complexity index is 797. The number of nitrogens with one attached hydrogen (secondary N) is 1. The summed E-state index contributed by atoms with van der Waals surface area (Å²) in [7, 11) is 0. The zero-order valence-corrected chi connectivity index (χ0v) is 17.3. The fourth-order valence-corrected chi connectivity index (χ4v) is 4.07. The number of nitrogens with zero attached hydrogens (tertiary/aromatic N) is 2. The van der Waals surface area contributed by atoms with Gasteiger partial charge in [0.2, 0.25) is 5.91 Å². The van der Waals surface area contributed by atoms with E-state index >= 15 is 0 Å². The van der Waals surface area contributed by atoms with Gasteiger partial charge < -0.3 is 5.32 Å². The van der Waals surface area contributed by atoms with Gasteiger partial charge in [-0.15, -0.1) is 0 Å². The van der Waals surface area contributed by atoms with Gasteiger partial charge in [0.15, 0.2) is 0 Å². The molecule has 0 aromatic heterocycles.